The van der Waals surface area contributed by atoms with Gasteiger partial charge in [-0.25, -0.2) is 0 Å². The summed E-state index contributed by atoms with van der Waals surface area (Å²) in [6.07, 6.45) is 8.63. The number of hydrogen-bond donors (Lipinski definition) is 0. The highest BCUT2D eigenvalue weighted by molar-refractivity contribution is 7.19. The predicted molar refractivity (Wildman–Crippen MR) is 192 cm³/mol. The molecule has 262 valence electrons. The van der Waals surface area contributed by atoms with Crippen LogP contribution in [0.2, 0.25) is 0 Å². The lowest BCUT2D eigenvalue weighted by atomic mass is 9.91. The Hall–Kier alpha value is -2.36. The summed E-state index contributed by atoms with van der Waals surface area (Å²) in [5.41, 5.74) is 2.00. The van der Waals surface area contributed by atoms with E-state index < -0.39 is 0 Å². The molecule has 1 aromatic heterocycles. The van der Waals surface area contributed by atoms with Gasteiger partial charge < -0.3 is 33.2 Å². The van der Waals surface area contributed by atoms with Crippen LogP contribution in [0, 0.1) is 0 Å². The Labute approximate surface area is 287 Å². The molecule has 2 heterocycles. The molecule has 1 fully saturated rings. The Bertz CT molecular complexity index is 1290. The second-order valence-corrected chi connectivity index (χ2v) is 13.6. The van der Waals surface area contributed by atoms with Gasteiger partial charge in [0.25, 0.3) is 0 Å². The van der Waals surface area contributed by atoms with E-state index in [9.17, 15) is 0 Å². The van der Waals surface area contributed by atoms with Gasteiger partial charge in [0.05, 0.1) is 39.6 Å². The molecule has 4 atom stereocenters. The quantitative estimate of drug-likeness (QED) is 0.0987. The van der Waals surface area contributed by atoms with Gasteiger partial charge >= 0.3 is 0 Å². The summed E-state index contributed by atoms with van der Waals surface area (Å²) in [6, 6.07) is 13.0. The number of methoxy groups -OCH3 is 2. The lowest BCUT2D eigenvalue weighted by molar-refractivity contribution is -0.216. The average molecular weight is 671 g/mol. The molecule has 2 aromatic carbocycles. The molecule has 0 radical (unpaired) electrons. The van der Waals surface area contributed by atoms with Crippen molar-refractivity contribution in [2.24, 2.45) is 0 Å². The summed E-state index contributed by atoms with van der Waals surface area (Å²) in [7, 11) is 3.40. The van der Waals surface area contributed by atoms with Crippen LogP contribution in [-0.2, 0) is 25.4 Å². The minimum absolute atomic E-state index is 0.139. The molecule has 0 bridgehead atoms. The van der Waals surface area contributed by atoms with Gasteiger partial charge in [0.1, 0.15) is 12.2 Å². The predicted octanol–water partition coefficient (Wildman–Crippen LogP) is 9.71. The maximum absolute atomic E-state index is 7.00. The highest BCUT2D eigenvalue weighted by atomic mass is 32.1. The maximum atomic E-state index is 7.00. The van der Waals surface area contributed by atoms with Crippen molar-refractivity contribution in [3.8, 4) is 17.2 Å². The smallest absolute Gasteiger partial charge is 0.203 e. The second kappa shape index (κ2) is 20.2. The molecule has 7 nitrogen and oxygen atoms in total. The number of hydrogen-bond acceptors (Lipinski definition) is 8. The number of benzene rings is 2. The number of rotatable bonds is 22. The first kappa shape index (κ1) is 37.5. The lowest BCUT2D eigenvalue weighted by Gasteiger charge is -2.42. The van der Waals surface area contributed by atoms with Gasteiger partial charge in [-0.2, -0.15) is 0 Å². The summed E-state index contributed by atoms with van der Waals surface area (Å²) < 4.78 is 46.3. The molecule has 0 unspecified atom stereocenters. The molecule has 47 heavy (non-hydrogen) atoms. The Balaban J connectivity index is 1.76. The monoisotopic (exact) mass is 670 g/mol. The minimum Gasteiger partial charge on any atom is -0.492 e. The van der Waals surface area contributed by atoms with Crippen LogP contribution in [0.3, 0.4) is 0 Å². The van der Waals surface area contributed by atoms with Crippen molar-refractivity contribution in [2.45, 2.75) is 116 Å². The minimum atomic E-state index is -0.301. The van der Waals surface area contributed by atoms with Gasteiger partial charge in [0, 0.05) is 53.4 Å². The van der Waals surface area contributed by atoms with Gasteiger partial charge in [0.2, 0.25) is 5.75 Å². The summed E-state index contributed by atoms with van der Waals surface area (Å²) in [4.78, 5) is 1.26. The van der Waals surface area contributed by atoms with Crippen molar-refractivity contribution in [2.75, 3.05) is 47.3 Å². The Morgan fingerprint density at radius 3 is 2.15 bits per heavy atom. The number of unbranched alkanes of at least 4 members (excludes halogenated alkanes) is 4. The fourth-order valence-corrected chi connectivity index (χ4v) is 7.17. The Morgan fingerprint density at radius 2 is 1.45 bits per heavy atom. The first-order valence-electron chi connectivity index (χ1n) is 17.9. The first-order chi connectivity index (χ1) is 23.1. The van der Waals surface area contributed by atoms with Crippen molar-refractivity contribution in [3.05, 3.63) is 52.4 Å². The summed E-state index contributed by atoms with van der Waals surface area (Å²) >= 11 is 1.81. The van der Waals surface area contributed by atoms with Crippen LogP contribution in [0.25, 0.3) is 10.1 Å². The zero-order chi connectivity index (χ0) is 33.4. The summed E-state index contributed by atoms with van der Waals surface area (Å²) in [5, 5.41) is 1.25. The Kier molecular flexibility index (Phi) is 16.1. The third-order valence-corrected chi connectivity index (χ3v) is 9.83. The van der Waals surface area contributed by atoms with Gasteiger partial charge in [-0.3, -0.25) is 0 Å². The normalized spacial score (nSPS) is 19.7. The molecule has 0 saturated carbocycles. The van der Waals surface area contributed by atoms with Crippen molar-refractivity contribution < 1.29 is 33.2 Å². The third-order valence-electron chi connectivity index (χ3n) is 8.72. The van der Waals surface area contributed by atoms with E-state index in [1.165, 1.54) is 15.0 Å². The van der Waals surface area contributed by atoms with Crippen LogP contribution in [-0.4, -0.2) is 65.6 Å². The molecule has 0 N–H and O–H groups in total. The third kappa shape index (κ3) is 10.3. The maximum Gasteiger partial charge on any atom is 0.203 e. The number of thiophene rings is 1. The zero-order valence-electron chi connectivity index (χ0n) is 29.6. The molecule has 8 heteroatoms. The molecule has 0 spiro atoms. The molecular weight excluding hydrogens is 612 g/mol. The lowest BCUT2D eigenvalue weighted by Crippen LogP contribution is -2.50. The number of fused-ring (bicyclic) bond motifs is 1. The van der Waals surface area contributed by atoms with Crippen LogP contribution in [0.15, 0.2) is 36.4 Å². The van der Waals surface area contributed by atoms with Crippen LogP contribution >= 0.6 is 11.3 Å². The fourth-order valence-electron chi connectivity index (χ4n) is 6.09. The van der Waals surface area contributed by atoms with Gasteiger partial charge in [-0.05, 0) is 49.3 Å². The van der Waals surface area contributed by atoms with E-state index in [-0.39, 0.29) is 24.4 Å². The highest BCUT2D eigenvalue weighted by Gasteiger charge is 2.42. The van der Waals surface area contributed by atoms with Gasteiger partial charge in [0.15, 0.2) is 11.5 Å². The number of ether oxygens (including phenoxy) is 7. The SMILES string of the molecule is CCCCOC[C@H]1O[C@@H](c2cc(Cc3cc4ccccc4s3)c(OC)c(OC)c2OCCCC)C[C@@H](OCCCC)[C@@H]1OCCCC. The largest absolute Gasteiger partial charge is 0.492 e. The molecule has 1 aliphatic heterocycles. The van der Waals surface area contributed by atoms with Crippen LogP contribution in [0.4, 0.5) is 0 Å². The van der Waals surface area contributed by atoms with Crippen molar-refractivity contribution in [3.63, 3.8) is 0 Å². The van der Waals surface area contributed by atoms with E-state index in [0.29, 0.717) is 63.1 Å². The van der Waals surface area contributed by atoms with Crippen molar-refractivity contribution in [1.82, 2.24) is 0 Å². The fraction of sp³-hybridized carbons (Fsp3) is 0.641. The van der Waals surface area contributed by atoms with Crippen molar-refractivity contribution in [1.29, 1.82) is 0 Å². The molecule has 3 aromatic rings. The molecule has 0 amide bonds. The summed E-state index contributed by atoms with van der Waals surface area (Å²) in [6.45, 7) is 11.8. The van der Waals surface area contributed by atoms with Gasteiger partial charge in [-0.15, -0.1) is 11.3 Å². The Morgan fingerprint density at radius 1 is 0.766 bits per heavy atom. The van der Waals surface area contributed by atoms with E-state index in [1.807, 2.05) is 11.3 Å². The van der Waals surface area contributed by atoms with Gasteiger partial charge in [-0.1, -0.05) is 71.6 Å². The van der Waals surface area contributed by atoms with Crippen LogP contribution in [0.5, 0.6) is 17.2 Å². The highest BCUT2D eigenvalue weighted by Crippen LogP contribution is 2.49. The first-order valence-corrected chi connectivity index (χ1v) is 18.7. The molecule has 1 saturated heterocycles. The molecule has 4 rings (SSSR count). The average Bonchev–Trinajstić information content (AvgIpc) is 3.50. The topological polar surface area (TPSA) is 64.6 Å². The van der Waals surface area contributed by atoms with Crippen LogP contribution in [0.1, 0.15) is 108 Å². The standard InChI is InChI=1S/C39H58O7S/c1-7-11-19-42-27-34-38(45-22-14-10-4)33(43-20-12-8-2)26-32(46-34)31-25-29(24-30-23-28-17-15-16-18-35(28)47-30)36(40-5)39(41-6)37(31)44-21-13-9-3/h15-18,23,25,32-34,38H,7-14,19-22,24,26-27H2,1-6H3/t32-,33-,34-,38+/m1/s1. The molecule has 0 aliphatic carbocycles. The van der Waals surface area contributed by atoms with Crippen molar-refractivity contribution >= 4 is 21.4 Å². The van der Waals surface area contributed by atoms with E-state index in [0.717, 1.165) is 62.5 Å². The van der Waals surface area contributed by atoms with E-state index in [4.69, 9.17) is 33.2 Å². The summed E-state index contributed by atoms with van der Waals surface area (Å²) in [5.74, 6) is 2.00. The molecular formula is C39H58O7S. The van der Waals surface area contributed by atoms with E-state index >= 15 is 0 Å². The van der Waals surface area contributed by atoms with E-state index in [1.54, 1.807) is 14.2 Å². The zero-order valence-corrected chi connectivity index (χ0v) is 30.5. The van der Waals surface area contributed by atoms with E-state index in [2.05, 4.69) is 64.1 Å². The van der Waals surface area contributed by atoms with Crippen LogP contribution < -0.4 is 14.2 Å². The second-order valence-electron chi connectivity index (χ2n) is 12.4. The molecule has 1 aliphatic rings.